The Kier molecular flexibility index (Phi) is 3.68. The lowest BCUT2D eigenvalue weighted by Gasteiger charge is -2.24. The summed E-state index contributed by atoms with van der Waals surface area (Å²) in [5.41, 5.74) is 6.91. The fraction of sp³-hybridized carbons (Fsp3) is 0.267. The molecule has 1 aromatic carbocycles. The van der Waals surface area contributed by atoms with E-state index >= 15 is 0 Å². The van der Waals surface area contributed by atoms with Crippen LogP contribution < -0.4 is 5.73 Å². The van der Waals surface area contributed by atoms with Crippen LogP contribution in [0.2, 0.25) is 5.02 Å². The van der Waals surface area contributed by atoms with Crippen LogP contribution in [0.3, 0.4) is 0 Å². The lowest BCUT2D eigenvalue weighted by Crippen LogP contribution is -2.30. The summed E-state index contributed by atoms with van der Waals surface area (Å²) in [7, 11) is 0. The first-order valence-electron chi connectivity index (χ1n) is 6.56. The third-order valence-electron chi connectivity index (χ3n) is 3.63. The van der Waals surface area contributed by atoms with E-state index in [1.807, 2.05) is 16.3 Å². The summed E-state index contributed by atoms with van der Waals surface area (Å²) >= 11 is 7.58. The number of benzene rings is 1. The van der Waals surface area contributed by atoms with E-state index in [9.17, 15) is 4.79 Å². The Bertz CT molecular complexity index is 627. The fourth-order valence-electron chi connectivity index (χ4n) is 2.67. The number of carbonyl (C=O) groups excluding carboxylic acids is 1. The number of hydrogen-bond donors (Lipinski definition) is 1. The molecule has 3 rings (SSSR count). The summed E-state index contributed by atoms with van der Waals surface area (Å²) < 4.78 is 0. The van der Waals surface area contributed by atoms with E-state index in [0.717, 1.165) is 19.4 Å². The first-order valence-corrected chi connectivity index (χ1v) is 7.82. The van der Waals surface area contributed by atoms with E-state index in [1.54, 1.807) is 29.5 Å². The number of nitrogens with zero attached hydrogens (tertiary/aromatic N) is 1. The highest BCUT2D eigenvalue weighted by atomic mass is 35.5. The van der Waals surface area contributed by atoms with Crippen molar-refractivity contribution >= 4 is 34.5 Å². The molecule has 3 nitrogen and oxygen atoms in total. The van der Waals surface area contributed by atoms with Crippen LogP contribution >= 0.6 is 22.9 Å². The van der Waals surface area contributed by atoms with E-state index in [1.165, 1.54) is 4.88 Å². The van der Waals surface area contributed by atoms with Crippen LogP contribution in [-0.4, -0.2) is 17.4 Å². The van der Waals surface area contributed by atoms with Crippen molar-refractivity contribution in [2.45, 2.75) is 18.9 Å². The SMILES string of the molecule is Nc1cc(Cl)ccc1C(=O)N1CCCC1c1cccs1. The number of hydrogen-bond acceptors (Lipinski definition) is 3. The Morgan fingerprint density at radius 2 is 2.25 bits per heavy atom. The lowest BCUT2D eigenvalue weighted by atomic mass is 10.1. The number of nitrogens with two attached hydrogens (primary N) is 1. The average Bonchev–Trinajstić information content (AvgIpc) is 3.09. The van der Waals surface area contributed by atoms with Crippen molar-refractivity contribution in [3.05, 3.63) is 51.2 Å². The molecule has 0 radical (unpaired) electrons. The molecule has 2 N–H and O–H groups in total. The number of likely N-dealkylation sites (tertiary alicyclic amines) is 1. The maximum absolute atomic E-state index is 12.7. The Morgan fingerprint density at radius 3 is 2.95 bits per heavy atom. The smallest absolute Gasteiger partial charge is 0.256 e. The minimum atomic E-state index is -0.00457. The van der Waals surface area contributed by atoms with Gasteiger partial charge in [-0.15, -0.1) is 11.3 Å². The van der Waals surface area contributed by atoms with Crippen LogP contribution in [0.25, 0.3) is 0 Å². The molecule has 20 heavy (non-hydrogen) atoms. The third kappa shape index (κ3) is 2.41. The molecule has 2 heterocycles. The van der Waals surface area contributed by atoms with Crippen molar-refractivity contribution < 1.29 is 4.79 Å². The van der Waals surface area contributed by atoms with E-state index in [4.69, 9.17) is 17.3 Å². The van der Waals surface area contributed by atoms with Crippen molar-refractivity contribution in [1.82, 2.24) is 4.90 Å². The molecule has 1 aromatic heterocycles. The topological polar surface area (TPSA) is 46.3 Å². The van der Waals surface area contributed by atoms with Crippen LogP contribution in [0.1, 0.15) is 34.1 Å². The largest absolute Gasteiger partial charge is 0.398 e. The van der Waals surface area contributed by atoms with Crippen LogP contribution in [0, 0.1) is 0 Å². The zero-order chi connectivity index (χ0) is 14.1. The molecule has 1 fully saturated rings. The van der Waals surface area contributed by atoms with Gasteiger partial charge in [-0.25, -0.2) is 0 Å². The third-order valence-corrected chi connectivity index (χ3v) is 4.84. The maximum Gasteiger partial charge on any atom is 0.256 e. The standard InChI is InChI=1S/C15H15ClN2OS/c16-10-5-6-11(12(17)9-10)15(19)18-7-1-3-13(18)14-4-2-8-20-14/h2,4-6,8-9,13H,1,3,7,17H2. The molecule has 2 aromatic rings. The fourth-order valence-corrected chi connectivity index (χ4v) is 3.72. The second kappa shape index (κ2) is 5.46. The molecule has 0 spiro atoms. The van der Waals surface area contributed by atoms with Crippen molar-refractivity contribution in [2.24, 2.45) is 0 Å². The molecule has 0 aliphatic carbocycles. The van der Waals surface area contributed by atoms with E-state index < -0.39 is 0 Å². The molecular weight excluding hydrogens is 292 g/mol. The summed E-state index contributed by atoms with van der Waals surface area (Å²) in [4.78, 5) is 15.9. The van der Waals surface area contributed by atoms with Gasteiger partial charge in [-0.3, -0.25) is 4.79 Å². The summed E-state index contributed by atoms with van der Waals surface area (Å²) in [5, 5.41) is 2.60. The summed E-state index contributed by atoms with van der Waals surface area (Å²) in [5.74, 6) is -0.00457. The quantitative estimate of drug-likeness (QED) is 0.854. The number of amides is 1. The van der Waals surface area contributed by atoms with Gasteiger partial charge in [0, 0.05) is 22.1 Å². The summed E-state index contributed by atoms with van der Waals surface area (Å²) in [6.07, 6.45) is 2.04. The minimum absolute atomic E-state index is 0.00457. The Morgan fingerprint density at radius 1 is 1.40 bits per heavy atom. The molecule has 1 aliphatic heterocycles. The Hall–Kier alpha value is -1.52. The predicted octanol–water partition coefficient (Wildman–Crippen LogP) is 3.96. The molecular formula is C15H15ClN2OS. The normalized spacial score (nSPS) is 18.4. The van der Waals surface area contributed by atoms with Gasteiger partial charge in [-0.1, -0.05) is 17.7 Å². The number of thiophene rings is 1. The van der Waals surface area contributed by atoms with E-state index in [0.29, 0.717) is 16.3 Å². The average molecular weight is 307 g/mol. The Balaban J connectivity index is 1.89. The first kappa shape index (κ1) is 13.5. The number of carbonyl (C=O) groups is 1. The van der Waals surface area contributed by atoms with Crippen molar-refractivity contribution in [2.75, 3.05) is 12.3 Å². The summed E-state index contributed by atoms with van der Waals surface area (Å²) in [6.45, 7) is 0.781. The molecule has 1 atom stereocenters. The first-order chi connectivity index (χ1) is 9.66. The van der Waals surface area contributed by atoms with Gasteiger partial charge in [0.1, 0.15) is 0 Å². The molecule has 1 saturated heterocycles. The van der Waals surface area contributed by atoms with Gasteiger partial charge >= 0.3 is 0 Å². The second-order valence-electron chi connectivity index (χ2n) is 4.90. The maximum atomic E-state index is 12.7. The van der Waals surface area contributed by atoms with Crippen LogP contribution in [0.4, 0.5) is 5.69 Å². The lowest BCUT2D eigenvalue weighted by molar-refractivity contribution is 0.0739. The Labute approximate surface area is 127 Å². The molecule has 1 amide bonds. The van der Waals surface area contributed by atoms with Gasteiger partial charge in [0.2, 0.25) is 0 Å². The number of rotatable bonds is 2. The van der Waals surface area contributed by atoms with Crippen LogP contribution in [0.15, 0.2) is 35.7 Å². The molecule has 5 heteroatoms. The van der Waals surface area contributed by atoms with Gasteiger partial charge in [0.05, 0.1) is 11.6 Å². The minimum Gasteiger partial charge on any atom is -0.398 e. The predicted molar refractivity (Wildman–Crippen MR) is 83.2 cm³/mol. The van der Waals surface area contributed by atoms with Gasteiger partial charge in [0.25, 0.3) is 5.91 Å². The molecule has 0 saturated carbocycles. The van der Waals surface area contributed by atoms with E-state index in [2.05, 4.69) is 6.07 Å². The van der Waals surface area contributed by atoms with Gasteiger partial charge in [0.15, 0.2) is 0 Å². The second-order valence-corrected chi connectivity index (χ2v) is 6.32. The van der Waals surface area contributed by atoms with Gasteiger partial charge in [-0.05, 0) is 42.5 Å². The van der Waals surface area contributed by atoms with Gasteiger partial charge in [-0.2, -0.15) is 0 Å². The highest BCUT2D eigenvalue weighted by Gasteiger charge is 2.31. The monoisotopic (exact) mass is 306 g/mol. The molecule has 1 unspecified atom stereocenters. The van der Waals surface area contributed by atoms with Crippen molar-refractivity contribution in [3.8, 4) is 0 Å². The number of halogens is 1. The molecule has 0 bridgehead atoms. The number of nitrogen functional groups attached to an aromatic ring is 1. The van der Waals surface area contributed by atoms with Crippen LogP contribution in [0.5, 0.6) is 0 Å². The zero-order valence-electron chi connectivity index (χ0n) is 10.9. The summed E-state index contributed by atoms with van der Waals surface area (Å²) in [6, 6.07) is 9.34. The van der Waals surface area contributed by atoms with Crippen molar-refractivity contribution in [3.63, 3.8) is 0 Å². The molecule has 104 valence electrons. The zero-order valence-corrected chi connectivity index (χ0v) is 12.5. The highest BCUT2D eigenvalue weighted by Crippen LogP contribution is 2.36. The highest BCUT2D eigenvalue weighted by molar-refractivity contribution is 7.10. The van der Waals surface area contributed by atoms with Crippen molar-refractivity contribution in [1.29, 1.82) is 0 Å². The van der Waals surface area contributed by atoms with E-state index in [-0.39, 0.29) is 11.9 Å². The van der Waals surface area contributed by atoms with Crippen LogP contribution in [-0.2, 0) is 0 Å². The van der Waals surface area contributed by atoms with Gasteiger partial charge < -0.3 is 10.6 Å². The molecule has 1 aliphatic rings. The number of anilines is 1.